The van der Waals surface area contributed by atoms with E-state index in [1.165, 1.54) is 12.1 Å². The Kier molecular flexibility index (Phi) is 9.47. The Morgan fingerprint density at radius 2 is 1.85 bits per heavy atom. The van der Waals surface area contributed by atoms with E-state index in [2.05, 4.69) is 41.4 Å². The highest BCUT2D eigenvalue weighted by molar-refractivity contribution is 5.74. The SMILES string of the molecule is C=C/C=C(\c1nc(C#N)ccc1N(C)C)N1CCC(N(C)c2ccc(F)cc2)CC1C.CC. The molecule has 176 valence electrons. The highest BCUT2D eigenvalue weighted by atomic mass is 19.1. The highest BCUT2D eigenvalue weighted by Crippen LogP contribution is 2.34. The molecule has 1 aromatic heterocycles. The molecule has 2 atom stereocenters. The third kappa shape index (κ3) is 6.13. The first-order valence-electron chi connectivity index (χ1n) is 11.5. The second kappa shape index (κ2) is 12.1. The van der Waals surface area contributed by atoms with Crippen molar-refractivity contribution < 1.29 is 4.39 Å². The van der Waals surface area contributed by atoms with E-state index in [0.717, 1.165) is 42.2 Å². The lowest BCUT2D eigenvalue weighted by atomic mass is 9.95. The Morgan fingerprint density at radius 3 is 2.39 bits per heavy atom. The molecule has 1 saturated heterocycles. The van der Waals surface area contributed by atoms with Gasteiger partial charge in [-0.05, 0) is 62.2 Å². The fourth-order valence-corrected chi connectivity index (χ4v) is 4.23. The van der Waals surface area contributed by atoms with Gasteiger partial charge < -0.3 is 14.7 Å². The molecule has 1 aliphatic rings. The molecule has 0 aliphatic carbocycles. The molecule has 0 amide bonds. The summed E-state index contributed by atoms with van der Waals surface area (Å²) in [6.07, 6.45) is 5.68. The maximum Gasteiger partial charge on any atom is 0.141 e. The molecule has 1 fully saturated rings. The molecule has 1 aromatic carbocycles. The van der Waals surface area contributed by atoms with E-state index >= 15 is 0 Å². The van der Waals surface area contributed by atoms with Crippen LogP contribution < -0.4 is 9.80 Å². The zero-order valence-electron chi connectivity index (χ0n) is 20.7. The smallest absolute Gasteiger partial charge is 0.141 e. The van der Waals surface area contributed by atoms with E-state index in [1.807, 2.05) is 57.1 Å². The number of hydrogen-bond donors (Lipinski definition) is 0. The largest absolute Gasteiger partial charge is 0.376 e. The summed E-state index contributed by atoms with van der Waals surface area (Å²) in [6.45, 7) is 11.0. The standard InChI is InChI=1S/C25H30FN5.C2H6/c1-6-7-24(25-23(29(3)4)13-10-20(17-27)28-25)31-15-14-22(16-18(31)2)30(5)21-11-8-19(26)9-12-21;1-2/h6-13,18,22H,1,14-16H2,2-5H3;1-2H3/b24-7+;. The van der Waals surface area contributed by atoms with Crippen LogP contribution in [0.3, 0.4) is 0 Å². The number of rotatable bonds is 6. The van der Waals surface area contributed by atoms with Gasteiger partial charge >= 0.3 is 0 Å². The Morgan fingerprint density at radius 1 is 1.18 bits per heavy atom. The Balaban J connectivity index is 0.00000187. The summed E-state index contributed by atoms with van der Waals surface area (Å²) in [4.78, 5) is 11.3. The molecule has 0 N–H and O–H groups in total. The third-order valence-electron chi connectivity index (χ3n) is 5.93. The number of nitrogens with zero attached hydrogens (tertiary/aromatic N) is 5. The summed E-state index contributed by atoms with van der Waals surface area (Å²) in [5.41, 5.74) is 4.15. The van der Waals surface area contributed by atoms with Crippen molar-refractivity contribution in [2.24, 2.45) is 0 Å². The van der Waals surface area contributed by atoms with Gasteiger partial charge in [0.05, 0.1) is 11.4 Å². The average molecular weight is 450 g/mol. The molecule has 33 heavy (non-hydrogen) atoms. The van der Waals surface area contributed by atoms with Crippen molar-refractivity contribution in [1.82, 2.24) is 9.88 Å². The molecular weight excluding hydrogens is 413 g/mol. The zero-order chi connectivity index (χ0) is 24.5. The van der Waals surface area contributed by atoms with E-state index in [9.17, 15) is 9.65 Å². The maximum atomic E-state index is 13.3. The monoisotopic (exact) mass is 449 g/mol. The van der Waals surface area contributed by atoms with Gasteiger partial charge in [-0.2, -0.15) is 5.26 Å². The van der Waals surface area contributed by atoms with Crippen LogP contribution in [0.1, 0.15) is 45.0 Å². The number of likely N-dealkylation sites (tertiary alicyclic amines) is 1. The van der Waals surface area contributed by atoms with Crippen molar-refractivity contribution in [3.8, 4) is 6.07 Å². The molecule has 5 nitrogen and oxygen atoms in total. The van der Waals surface area contributed by atoms with Crippen molar-refractivity contribution in [3.05, 3.63) is 72.3 Å². The van der Waals surface area contributed by atoms with E-state index in [-0.39, 0.29) is 11.9 Å². The number of piperidine rings is 1. The zero-order valence-corrected chi connectivity index (χ0v) is 20.7. The van der Waals surface area contributed by atoms with Gasteiger partial charge in [0.2, 0.25) is 0 Å². The summed E-state index contributed by atoms with van der Waals surface area (Å²) < 4.78 is 13.3. The predicted molar refractivity (Wildman–Crippen MR) is 137 cm³/mol. The van der Waals surface area contributed by atoms with Gasteiger partial charge in [0.1, 0.15) is 23.3 Å². The van der Waals surface area contributed by atoms with Gasteiger partial charge in [0.15, 0.2) is 0 Å². The quantitative estimate of drug-likeness (QED) is 0.529. The predicted octanol–water partition coefficient (Wildman–Crippen LogP) is 5.70. The first kappa shape index (κ1) is 25.9. The van der Waals surface area contributed by atoms with Crippen LogP contribution >= 0.6 is 0 Å². The van der Waals surface area contributed by atoms with E-state index in [4.69, 9.17) is 0 Å². The van der Waals surface area contributed by atoms with Crippen LogP contribution in [0.2, 0.25) is 0 Å². The molecule has 2 heterocycles. The molecule has 0 radical (unpaired) electrons. The Hall–Kier alpha value is -3.33. The number of halogens is 1. The number of anilines is 2. The average Bonchev–Trinajstić information content (AvgIpc) is 2.83. The normalized spacial score (nSPS) is 18.0. The molecule has 1 aliphatic heterocycles. The van der Waals surface area contributed by atoms with Gasteiger partial charge in [-0.1, -0.05) is 26.5 Å². The van der Waals surface area contributed by atoms with Crippen molar-refractivity contribution in [1.29, 1.82) is 5.26 Å². The van der Waals surface area contributed by atoms with Crippen LogP contribution in [-0.4, -0.2) is 49.7 Å². The highest BCUT2D eigenvalue weighted by Gasteiger charge is 2.31. The number of hydrogen-bond acceptors (Lipinski definition) is 5. The fraction of sp³-hybridized carbons (Fsp3) is 0.407. The third-order valence-corrected chi connectivity index (χ3v) is 5.93. The molecule has 2 unspecified atom stereocenters. The maximum absolute atomic E-state index is 13.3. The van der Waals surface area contributed by atoms with Gasteiger partial charge in [-0.15, -0.1) is 0 Å². The van der Waals surface area contributed by atoms with Crippen LogP contribution in [0.4, 0.5) is 15.8 Å². The lowest BCUT2D eigenvalue weighted by Crippen LogP contribution is -2.47. The van der Waals surface area contributed by atoms with Crippen LogP contribution in [0.25, 0.3) is 5.70 Å². The molecule has 6 heteroatoms. The van der Waals surface area contributed by atoms with Gasteiger partial charge in [-0.25, -0.2) is 9.37 Å². The summed E-state index contributed by atoms with van der Waals surface area (Å²) in [5, 5.41) is 9.38. The van der Waals surface area contributed by atoms with E-state index in [0.29, 0.717) is 11.7 Å². The summed E-state index contributed by atoms with van der Waals surface area (Å²) in [6, 6.07) is 13.1. The lowest BCUT2D eigenvalue weighted by Gasteiger charge is -2.44. The summed E-state index contributed by atoms with van der Waals surface area (Å²) >= 11 is 0. The minimum Gasteiger partial charge on any atom is -0.376 e. The van der Waals surface area contributed by atoms with Gasteiger partial charge in [0, 0.05) is 45.5 Å². The first-order valence-corrected chi connectivity index (χ1v) is 11.5. The topological polar surface area (TPSA) is 46.4 Å². The Labute approximate surface area is 198 Å². The number of aromatic nitrogens is 1. The van der Waals surface area contributed by atoms with Crippen molar-refractivity contribution >= 4 is 17.1 Å². The Bertz CT molecular complexity index is 991. The fourth-order valence-electron chi connectivity index (χ4n) is 4.23. The van der Waals surface area contributed by atoms with Crippen LogP contribution in [0.15, 0.2) is 55.1 Å². The molecule has 0 saturated carbocycles. The second-order valence-electron chi connectivity index (χ2n) is 8.17. The summed E-state index contributed by atoms with van der Waals surface area (Å²) in [7, 11) is 6.03. The van der Waals surface area contributed by atoms with Crippen LogP contribution in [0.5, 0.6) is 0 Å². The molecule has 3 rings (SSSR count). The van der Waals surface area contributed by atoms with Crippen LogP contribution in [-0.2, 0) is 0 Å². The van der Waals surface area contributed by atoms with E-state index in [1.54, 1.807) is 12.1 Å². The molecule has 0 spiro atoms. The van der Waals surface area contributed by atoms with Crippen molar-refractivity contribution in [3.63, 3.8) is 0 Å². The number of pyridine rings is 1. The van der Waals surface area contributed by atoms with E-state index < -0.39 is 0 Å². The van der Waals surface area contributed by atoms with Crippen LogP contribution in [0, 0.1) is 17.1 Å². The summed E-state index contributed by atoms with van der Waals surface area (Å²) in [5.74, 6) is -0.219. The van der Waals surface area contributed by atoms with Gasteiger partial charge in [-0.3, -0.25) is 0 Å². The minimum atomic E-state index is -0.219. The van der Waals surface area contributed by atoms with Crippen molar-refractivity contribution in [2.75, 3.05) is 37.5 Å². The number of nitriles is 1. The van der Waals surface area contributed by atoms with Crippen molar-refractivity contribution in [2.45, 2.75) is 45.7 Å². The molecule has 0 bridgehead atoms. The lowest BCUT2D eigenvalue weighted by molar-refractivity contribution is 0.220. The molecular formula is C27H36FN5. The second-order valence-corrected chi connectivity index (χ2v) is 8.17. The molecule has 2 aromatic rings. The minimum absolute atomic E-state index is 0.219. The van der Waals surface area contributed by atoms with Gasteiger partial charge in [0.25, 0.3) is 0 Å². The number of benzene rings is 1. The first-order chi connectivity index (χ1) is 15.8. The number of allylic oxidation sites excluding steroid dienone is 2.